The molecule has 1 aromatic carbocycles. The second-order valence-electron chi connectivity index (χ2n) is 7.48. The second kappa shape index (κ2) is 13.8. The number of halogens is 1. The molecular formula is C22H37IN4O. The fourth-order valence-electron chi connectivity index (χ4n) is 3.51. The van der Waals surface area contributed by atoms with E-state index in [0.717, 1.165) is 44.9 Å². The average Bonchev–Trinajstić information content (AvgIpc) is 2.69. The van der Waals surface area contributed by atoms with Crippen molar-refractivity contribution >= 4 is 35.8 Å². The van der Waals surface area contributed by atoms with E-state index in [0.29, 0.717) is 12.5 Å². The first-order valence-corrected chi connectivity index (χ1v) is 10.5. The first-order valence-electron chi connectivity index (χ1n) is 10.5. The van der Waals surface area contributed by atoms with Gasteiger partial charge in [0.05, 0.1) is 0 Å². The highest BCUT2D eigenvalue weighted by Gasteiger charge is 2.19. The average molecular weight is 500 g/mol. The van der Waals surface area contributed by atoms with Crippen molar-refractivity contribution in [1.82, 2.24) is 15.5 Å². The van der Waals surface area contributed by atoms with Gasteiger partial charge in [0.2, 0.25) is 5.91 Å². The Morgan fingerprint density at radius 1 is 1.21 bits per heavy atom. The molecule has 0 spiro atoms. The van der Waals surface area contributed by atoms with Crippen LogP contribution in [0.15, 0.2) is 29.3 Å². The van der Waals surface area contributed by atoms with Gasteiger partial charge in [-0.15, -0.1) is 24.0 Å². The van der Waals surface area contributed by atoms with E-state index in [4.69, 9.17) is 0 Å². The molecule has 0 saturated heterocycles. The number of fused-ring (bicyclic) bond motifs is 1. The Bertz CT molecular complexity index is 620. The minimum atomic E-state index is 0. The fraction of sp³-hybridized carbons (Fsp3) is 0.636. The maximum atomic E-state index is 12.5. The lowest BCUT2D eigenvalue weighted by Crippen LogP contribution is -2.42. The van der Waals surface area contributed by atoms with E-state index >= 15 is 0 Å². The van der Waals surface area contributed by atoms with Crippen molar-refractivity contribution < 1.29 is 4.79 Å². The molecule has 1 atom stereocenters. The molecule has 5 nitrogen and oxygen atoms in total. The molecule has 1 amide bonds. The molecule has 2 rings (SSSR count). The third kappa shape index (κ3) is 8.37. The SMILES string of the molecule is CCCCCC(C)NC(=NC)NCCCC(=O)N1CCc2ccccc2C1.I. The maximum absolute atomic E-state index is 12.5. The summed E-state index contributed by atoms with van der Waals surface area (Å²) in [6.07, 6.45) is 7.29. The second-order valence-corrected chi connectivity index (χ2v) is 7.48. The van der Waals surface area contributed by atoms with E-state index in [1.807, 2.05) is 4.90 Å². The number of nitrogens with zero attached hydrogens (tertiary/aromatic N) is 2. The summed E-state index contributed by atoms with van der Waals surface area (Å²) < 4.78 is 0. The number of carbonyl (C=O) groups excluding carboxylic acids is 1. The van der Waals surface area contributed by atoms with Crippen molar-refractivity contribution in [2.75, 3.05) is 20.1 Å². The van der Waals surface area contributed by atoms with Crippen LogP contribution in [-0.2, 0) is 17.8 Å². The van der Waals surface area contributed by atoms with E-state index < -0.39 is 0 Å². The van der Waals surface area contributed by atoms with Gasteiger partial charge in [-0.05, 0) is 37.3 Å². The van der Waals surface area contributed by atoms with E-state index in [-0.39, 0.29) is 29.9 Å². The lowest BCUT2D eigenvalue weighted by Gasteiger charge is -2.29. The summed E-state index contributed by atoms with van der Waals surface area (Å²) in [4.78, 5) is 18.8. The van der Waals surface area contributed by atoms with Gasteiger partial charge in [-0.3, -0.25) is 9.79 Å². The molecule has 2 N–H and O–H groups in total. The number of guanidine groups is 1. The van der Waals surface area contributed by atoms with Gasteiger partial charge in [0.1, 0.15) is 0 Å². The van der Waals surface area contributed by atoms with Crippen LogP contribution in [0, 0.1) is 0 Å². The number of unbranched alkanes of at least 4 members (excludes halogenated alkanes) is 2. The van der Waals surface area contributed by atoms with Gasteiger partial charge in [0.25, 0.3) is 0 Å². The van der Waals surface area contributed by atoms with Crippen molar-refractivity contribution in [3.05, 3.63) is 35.4 Å². The Kier molecular flexibility index (Phi) is 12.2. The molecule has 1 unspecified atom stereocenters. The van der Waals surface area contributed by atoms with Gasteiger partial charge < -0.3 is 15.5 Å². The molecule has 1 aliphatic rings. The summed E-state index contributed by atoms with van der Waals surface area (Å²) in [7, 11) is 1.80. The molecule has 6 heteroatoms. The van der Waals surface area contributed by atoms with Crippen molar-refractivity contribution in [2.45, 2.75) is 71.4 Å². The Balaban J connectivity index is 0.00000392. The van der Waals surface area contributed by atoms with Crippen molar-refractivity contribution in [1.29, 1.82) is 0 Å². The molecule has 0 radical (unpaired) electrons. The molecule has 0 bridgehead atoms. The molecule has 1 aromatic rings. The normalized spacial score (nSPS) is 14.7. The zero-order valence-corrected chi connectivity index (χ0v) is 20.0. The smallest absolute Gasteiger partial charge is 0.222 e. The van der Waals surface area contributed by atoms with Crippen LogP contribution in [0.4, 0.5) is 0 Å². The number of aliphatic imine (C=N–C) groups is 1. The van der Waals surface area contributed by atoms with Crippen LogP contribution >= 0.6 is 24.0 Å². The highest BCUT2D eigenvalue weighted by Crippen LogP contribution is 2.19. The van der Waals surface area contributed by atoms with Crippen LogP contribution in [0.25, 0.3) is 0 Å². The number of hydrogen-bond acceptors (Lipinski definition) is 2. The highest BCUT2D eigenvalue weighted by molar-refractivity contribution is 14.0. The van der Waals surface area contributed by atoms with Crippen LogP contribution in [0.3, 0.4) is 0 Å². The Labute approximate surface area is 187 Å². The molecule has 0 fully saturated rings. The van der Waals surface area contributed by atoms with E-state index in [1.54, 1.807) is 7.05 Å². The minimum absolute atomic E-state index is 0. The summed E-state index contributed by atoms with van der Waals surface area (Å²) in [6.45, 7) is 6.77. The van der Waals surface area contributed by atoms with Gasteiger partial charge in [-0.25, -0.2) is 0 Å². The van der Waals surface area contributed by atoms with Crippen LogP contribution in [0.5, 0.6) is 0 Å². The highest BCUT2D eigenvalue weighted by atomic mass is 127. The number of hydrogen-bond donors (Lipinski definition) is 2. The number of nitrogens with one attached hydrogen (secondary N) is 2. The first-order chi connectivity index (χ1) is 13.1. The zero-order valence-electron chi connectivity index (χ0n) is 17.7. The van der Waals surface area contributed by atoms with Crippen LogP contribution in [0.1, 0.15) is 63.5 Å². The fourth-order valence-corrected chi connectivity index (χ4v) is 3.51. The van der Waals surface area contributed by atoms with Gasteiger partial charge in [0, 0.05) is 39.1 Å². The number of rotatable bonds is 9. The summed E-state index contributed by atoms with van der Waals surface area (Å²) in [5, 5.41) is 6.76. The van der Waals surface area contributed by atoms with Crippen molar-refractivity contribution in [3.63, 3.8) is 0 Å². The monoisotopic (exact) mass is 500 g/mol. The van der Waals surface area contributed by atoms with Gasteiger partial charge in [-0.2, -0.15) is 0 Å². The molecule has 1 aliphatic heterocycles. The molecule has 1 heterocycles. The number of amides is 1. The van der Waals surface area contributed by atoms with Gasteiger partial charge in [0.15, 0.2) is 5.96 Å². The maximum Gasteiger partial charge on any atom is 0.222 e. The summed E-state index contributed by atoms with van der Waals surface area (Å²) in [6, 6.07) is 8.85. The predicted molar refractivity (Wildman–Crippen MR) is 128 cm³/mol. The summed E-state index contributed by atoms with van der Waals surface area (Å²) in [5.74, 6) is 1.08. The molecule has 0 aliphatic carbocycles. The molecular weight excluding hydrogens is 463 g/mol. The van der Waals surface area contributed by atoms with Gasteiger partial charge >= 0.3 is 0 Å². The third-order valence-electron chi connectivity index (χ3n) is 5.19. The minimum Gasteiger partial charge on any atom is -0.356 e. The van der Waals surface area contributed by atoms with Gasteiger partial charge in [-0.1, -0.05) is 50.5 Å². The Morgan fingerprint density at radius 2 is 1.96 bits per heavy atom. The Morgan fingerprint density at radius 3 is 2.68 bits per heavy atom. The standard InChI is InChI=1S/C22H36N4O.HI/c1-4-5-6-10-18(2)25-22(23-3)24-15-9-13-21(27)26-16-14-19-11-7-8-12-20(19)17-26;/h7-8,11-12,18H,4-6,9-10,13-17H2,1-3H3,(H2,23,24,25);1H. The zero-order chi connectivity index (χ0) is 19.5. The predicted octanol–water partition coefficient (Wildman–Crippen LogP) is 4.10. The van der Waals surface area contributed by atoms with E-state index in [9.17, 15) is 4.79 Å². The topological polar surface area (TPSA) is 56.7 Å². The molecule has 28 heavy (non-hydrogen) atoms. The lowest BCUT2D eigenvalue weighted by atomic mass is 9.99. The number of carbonyl (C=O) groups is 1. The Hall–Kier alpha value is -1.31. The lowest BCUT2D eigenvalue weighted by molar-refractivity contribution is -0.132. The van der Waals surface area contributed by atoms with Crippen LogP contribution in [0.2, 0.25) is 0 Å². The largest absolute Gasteiger partial charge is 0.356 e. The molecule has 0 aromatic heterocycles. The quantitative estimate of drug-likeness (QED) is 0.232. The van der Waals surface area contributed by atoms with Crippen molar-refractivity contribution in [2.24, 2.45) is 4.99 Å². The molecule has 158 valence electrons. The van der Waals surface area contributed by atoms with E-state index in [1.165, 1.54) is 30.4 Å². The summed E-state index contributed by atoms with van der Waals surface area (Å²) in [5.41, 5.74) is 2.67. The van der Waals surface area contributed by atoms with Crippen LogP contribution < -0.4 is 10.6 Å². The van der Waals surface area contributed by atoms with E-state index in [2.05, 4.69) is 53.7 Å². The first kappa shape index (κ1) is 24.7. The summed E-state index contributed by atoms with van der Waals surface area (Å²) >= 11 is 0. The molecule has 0 saturated carbocycles. The van der Waals surface area contributed by atoms with Crippen molar-refractivity contribution in [3.8, 4) is 0 Å². The van der Waals surface area contributed by atoms with Crippen LogP contribution in [-0.4, -0.2) is 42.9 Å². The number of benzene rings is 1. The third-order valence-corrected chi connectivity index (χ3v) is 5.19.